The number of nitrogens with two attached hydrogens (primary N) is 1. The molecule has 4 aromatic rings. The number of carbonyl (C=O) groups excluding carboxylic acids is 1. The number of halogens is 2. The Morgan fingerprint density at radius 3 is 2.62 bits per heavy atom. The minimum atomic E-state index is -0.997. The molecule has 2 unspecified atom stereocenters. The second-order valence-electron chi connectivity index (χ2n) is 9.49. The van der Waals surface area contributed by atoms with Crippen LogP contribution in [0.5, 0.6) is 0 Å². The number of fused-ring (bicyclic) bond motifs is 2. The lowest BCUT2D eigenvalue weighted by atomic mass is 9.99. The van der Waals surface area contributed by atoms with E-state index in [2.05, 4.69) is 14.9 Å². The third-order valence-electron chi connectivity index (χ3n) is 7.23. The Bertz CT molecular complexity index is 1530. The first-order chi connectivity index (χ1) is 17.9. The maximum Gasteiger partial charge on any atom is 0.250 e. The number of nitrogens with one attached hydrogen (secondary N) is 1. The highest BCUT2D eigenvalue weighted by molar-refractivity contribution is 6.10. The van der Waals surface area contributed by atoms with Crippen LogP contribution in [0.25, 0.3) is 22.2 Å². The normalized spacial score (nSPS) is 19.3. The van der Waals surface area contributed by atoms with Crippen LogP contribution in [-0.2, 0) is 0 Å². The summed E-state index contributed by atoms with van der Waals surface area (Å²) in [5.74, 6) is -1.29. The number of hydrogen-bond acceptors (Lipinski definition) is 5. The molecule has 6 rings (SSSR count). The molecule has 1 amide bonds. The fourth-order valence-electron chi connectivity index (χ4n) is 5.38. The van der Waals surface area contributed by atoms with Gasteiger partial charge in [-0.1, -0.05) is 0 Å². The van der Waals surface area contributed by atoms with Crippen LogP contribution in [0, 0.1) is 11.6 Å². The van der Waals surface area contributed by atoms with Crippen LogP contribution in [-0.4, -0.2) is 46.4 Å². The molecule has 0 radical (unpaired) electrons. The number of aromatic amines is 1. The van der Waals surface area contributed by atoms with Gasteiger partial charge in [-0.2, -0.15) is 0 Å². The number of nitrogens with zero attached hydrogens (tertiary/aromatic N) is 3. The predicted octanol–water partition coefficient (Wildman–Crippen LogP) is 4.85. The highest BCUT2D eigenvalue weighted by atomic mass is 19.1. The predicted molar refractivity (Wildman–Crippen MR) is 139 cm³/mol. The van der Waals surface area contributed by atoms with Crippen molar-refractivity contribution in [2.24, 2.45) is 10.7 Å². The fraction of sp³-hybridized carbons (Fsp3) is 0.214. The maximum atomic E-state index is 13.9. The van der Waals surface area contributed by atoms with Crippen molar-refractivity contribution in [1.29, 1.82) is 0 Å². The van der Waals surface area contributed by atoms with Crippen LogP contribution < -0.4 is 10.6 Å². The van der Waals surface area contributed by atoms with E-state index < -0.39 is 18.0 Å². The van der Waals surface area contributed by atoms with Crippen molar-refractivity contribution >= 4 is 34.5 Å². The van der Waals surface area contributed by atoms with Crippen molar-refractivity contribution in [2.45, 2.75) is 25.1 Å². The van der Waals surface area contributed by atoms with Gasteiger partial charge >= 0.3 is 0 Å². The van der Waals surface area contributed by atoms with Crippen LogP contribution in [0.2, 0.25) is 0 Å². The largest absolute Gasteiger partial charge is 0.369 e. The van der Waals surface area contributed by atoms with Gasteiger partial charge in [-0.25, -0.2) is 13.8 Å². The molecule has 37 heavy (non-hydrogen) atoms. The summed E-state index contributed by atoms with van der Waals surface area (Å²) in [6.45, 7) is 1.38. The lowest BCUT2D eigenvalue weighted by molar-refractivity contribution is 0.0239. The molecule has 1 fully saturated rings. The smallest absolute Gasteiger partial charge is 0.250 e. The fourth-order valence-corrected chi connectivity index (χ4v) is 5.38. The average molecular weight is 502 g/mol. The maximum absolute atomic E-state index is 13.9. The van der Waals surface area contributed by atoms with E-state index >= 15 is 0 Å². The Morgan fingerprint density at radius 2 is 1.84 bits per heavy atom. The molecule has 1 saturated heterocycles. The van der Waals surface area contributed by atoms with Crippen molar-refractivity contribution in [3.05, 3.63) is 83.4 Å². The topological polar surface area (TPSA) is 98.0 Å². The summed E-state index contributed by atoms with van der Waals surface area (Å²) >= 11 is 0. The van der Waals surface area contributed by atoms with Crippen LogP contribution in [0.1, 0.15) is 35.0 Å². The van der Waals surface area contributed by atoms with E-state index in [1.807, 2.05) is 12.1 Å². The zero-order valence-electron chi connectivity index (χ0n) is 19.9. The molecule has 3 aromatic carbocycles. The summed E-state index contributed by atoms with van der Waals surface area (Å²) in [7, 11) is 0. The molecular weight excluding hydrogens is 476 g/mol. The van der Waals surface area contributed by atoms with Gasteiger partial charge in [0.25, 0.3) is 5.91 Å². The number of aliphatic hydroxyl groups excluding tert-OH is 1. The number of anilines is 1. The number of aliphatic imine (C=N–C) groups is 1. The van der Waals surface area contributed by atoms with Crippen molar-refractivity contribution in [3.63, 3.8) is 0 Å². The molecule has 1 aromatic heterocycles. The van der Waals surface area contributed by atoms with Crippen molar-refractivity contribution < 1.29 is 18.7 Å². The molecule has 3 heterocycles. The van der Waals surface area contributed by atoms with Gasteiger partial charge in [-0.3, -0.25) is 4.79 Å². The van der Waals surface area contributed by atoms with Crippen molar-refractivity contribution in [2.75, 3.05) is 18.0 Å². The summed E-state index contributed by atoms with van der Waals surface area (Å²) in [5.41, 5.74) is 10.1. The van der Waals surface area contributed by atoms with E-state index in [0.717, 1.165) is 41.7 Å². The van der Waals surface area contributed by atoms with Crippen LogP contribution >= 0.6 is 0 Å². The van der Waals surface area contributed by atoms with E-state index in [4.69, 9.17) is 5.73 Å². The first-order valence-corrected chi connectivity index (χ1v) is 12.1. The molecule has 0 bridgehead atoms. The second-order valence-corrected chi connectivity index (χ2v) is 9.49. The van der Waals surface area contributed by atoms with E-state index in [1.165, 1.54) is 24.3 Å². The van der Waals surface area contributed by atoms with E-state index in [1.54, 1.807) is 35.5 Å². The summed E-state index contributed by atoms with van der Waals surface area (Å²) in [6.07, 6.45) is 2.34. The van der Waals surface area contributed by atoms with Gasteiger partial charge in [0.1, 0.15) is 11.6 Å². The Kier molecular flexibility index (Phi) is 5.64. The Labute approximate surface area is 211 Å². The Morgan fingerprint density at radius 1 is 1.05 bits per heavy atom. The minimum absolute atomic E-state index is 0.0645. The molecule has 9 heteroatoms. The second kappa shape index (κ2) is 9.01. The van der Waals surface area contributed by atoms with Gasteiger partial charge < -0.3 is 25.6 Å². The van der Waals surface area contributed by atoms with Crippen molar-refractivity contribution in [1.82, 2.24) is 9.88 Å². The van der Waals surface area contributed by atoms with Gasteiger partial charge in [0, 0.05) is 35.4 Å². The SMILES string of the molecule is NC(=O)c1ccc(N2CCCC(N3C=Nc4ccc(F)cc4C3O)C2)c2cc(-c3ccc(F)cc3)[nH]c12. The molecule has 4 N–H and O–H groups in total. The lowest BCUT2D eigenvalue weighted by Gasteiger charge is -2.43. The molecule has 0 aliphatic carbocycles. The number of hydrogen-bond donors (Lipinski definition) is 3. The molecule has 2 aliphatic heterocycles. The van der Waals surface area contributed by atoms with Gasteiger partial charge in [0.2, 0.25) is 0 Å². The molecular formula is C28H25F2N5O2. The molecule has 188 valence electrons. The summed E-state index contributed by atoms with van der Waals surface area (Å²) in [6, 6.07) is 15.8. The van der Waals surface area contributed by atoms with E-state index in [-0.39, 0.29) is 11.9 Å². The highest BCUT2D eigenvalue weighted by Crippen LogP contribution is 2.38. The number of benzene rings is 3. The Hall–Kier alpha value is -4.24. The summed E-state index contributed by atoms with van der Waals surface area (Å²) in [5, 5.41) is 11.9. The first-order valence-electron chi connectivity index (χ1n) is 12.1. The number of amides is 1. The first kappa shape index (κ1) is 23.2. The number of piperidine rings is 1. The molecule has 0 saturated carbocycles. The van der Waals surface area contributed by atoms with E-state index in [9.17, 15) is 18.7 Å². The van der Waals surface area contributed by atoms with Crippen LogP contribution in [0.3, 0.4) is 0 Å². The standard InChI is InChI=1S/C28H25F2N5O2/c29-17-5-3-16(4-6-17)24-13-22-25(10-8-20(27(31)36)26(22)33-24)34-11-1-2-19(14-34)35-15-32-23-9-7-18(30)12-21(23)28(35)37/h3-10,12-13,15,19,28,33,37H,1-2,11,14H2,(H2,31,36). The number of primary amides is 1. The van der Waals surface area contributed by atoms with Gasteiger partial charge in [-0.15, -0.1) is 0 Å². The minimum Gasteiger partial charge on any atom is -0.369 e. The Balaban J connectivity index is 1.35. The third kappa shape index (κ3) is 4.11. The lowest BCUT2D eigenvalue weighted by Crippen LogP contribution is -2.49. The number of aromatic nitrogens is 1. The third-order valence-corrected chi connectivity index (χ3v) is 7.23. The number of rotatable bonds is 4. The number of carbonyl (C=O) groups is 1. The van der Waals surface area contributed by atoms with Gasteiger partial charge in [0.15, 0.2) is 6.23 Å². The van der Waals surface area contributed by atoms with E-state index in [0.29, 0.717) is 28.9 Å². The highest BCUT2D eigenvalue weighted by Gasteiger charge is 2.32. The quantitative estimate of drug-likeness (QED) is 0.373. The monoisotopic (exact) mass is 501 g/mol. The van der Waals surface area contributed by atoms with Crippen LogP contribution in [0.15, 0.2) is 65.7 Å². The molecule has 7 nitrogen and oxygen atoms in total. The number of aliphatic hydroxyl groups is 1. The van der Waals surface area contributed by atoms with Gasteiger partial charge in [0.05, 0.1) is 29.1 Å². The summed E-state index contributed by atoms with van der Waals surface area (Å²) in [4.78, 5) is 23.9. The average Bonchev–Trinajstić information content (AvgIpc) is 3.34. The zero-order valence-corrected chi connectivity index (χ0v) is 19.9. The van der Waals surface area contributed by atoms with Crippen molar-refractivity contribution in [3.8, 4) is 11.3 Å². The molecule has 2 aliphatic rings. The summed E-state index contributed by atoms with van der Waals surface area (Å²) < 4.78 is 27.3. The number of H-pyrrole nitrogens is 1. The molecule has 2 atom stereocenters. The molecule has 0 spiro atoms. The zero-order chi connectivity index (χ0) is 25.7. The van der Waals surface area contributed by atoms with Gasteiger partial charge in [-0.05, 0) is 79.1 Å². The van der Waals surface area contributed by atoms with Crippen LogP contribution in [0.4, 0.5) is 20.2 Å².